The molecule has 1 aromatic heterocycles. The van der Waals surface area contributed by atoms with Gasteiger partial charge in [-0.2, -0.15) is 0 Å². The Kier molecular flexibility index (Phi) is 2.63. The van der Waals surface area contributed by atoms with Gasteiger partial charge in [0.25, 0.3) is 0 Å². The molecule has 2 unspecified atom stereocenters. The van der Waals surface area contributed by atoms with Gasteiger partial charge in [-0.15, -0.1) is 0 Å². The van der Waals surface area contributed by atoms with Crippen LogP contribution in [0.25, 0.3) is 0 Å². The van der Waals surface area contributed by atoms with Gasteiger partial charge in [0.2, 0.25) is 5.95 Å². The van der Waals surface area contributed by atoms with Crippen molar-refractivity contribution in [2.45, 2.75) is 19.4 Å². The maximum atomic E-state index is 4.43. The van der Waals surface area contributed by atoms with E-state index >= 15 is 0 Å². The number of hydrogen-bond acceptors (Lipinski definition) is 4. The molecule has 0 spiro atoms. The summed E-state index contributed by atoms with van der Waals surface area (Å²) in [7, 11) is 0. The van der Waals surface area contributed by atoms with Crippen molar-refractivity contribution < 1.29 is 0 Å². The summed E-state index contributed by atoms with van der Waals surface area (Å²) in [5.41, 5.74) is 0.141. The molecule has 5 heteroatoms. The Morgan fingerprint density at radius 2 is 2.06 bits per heavy atom. The summed E-state index contributed by atoms with van der Waals surface area (Å²) in [5.74, 6) is 2.29. The summed E-state index contributed by atoms with van der Waals surface area (Å²) in [5, 5.41) is 3.49. The van der Waals surface area contributed by atoms with Crippen LogP contribution < -0.4 is 10.2 Å². The minimum Gasteiger partial charge on any atom is -0.335 e. The van der Waals surface area contributed by atoms with Crippen molar-refractivity contribution in [3.63, 3.8) is 0 Å². The van der Waals surface area contributed by atoms with Crippen LogP contribution in [0.5, 0.6) is 0 Å². The number of nitrogens with zero attached hydrogens (tertiary/aromatic N) is 3. The molecule has 0 saturated carbocycles. The van der Waals surface area contributed by atoms with Gasteiger partial charge in [0, 0.05) is 37.6 Å². The minimum absolute atomic E-state index is 0.141. The first-order valence-electron chi connectivity index (χ1n) is 6.05. The molecule has 2 aliphatic heterocycles. The molecule has 0 radical (unpaired) electrons. The van der Waals surface area contributed by atoms with E-state index in [1.54, 1.807) is 0 Å². The quantitative estimate of drug-likeness (QED) is 0.856. The fraction of sp³-hybridized carbons (Fsp3) is 0.667. The van der Waals surface area contributed by atoms with Crippen LogP contribution in [0.3, 0.4) is 0 Å². The van der Waals surface area contributed by atoms with Crippen LogP contribution >= 0.6 is 15.9 Å². The minimum atomic E-state index is 0.141. The summed E-state index contributed by atoms with van der Waals surface area (Å²) >= 11 is 3.38. The maximum Gasteiger partial charge on any atom is 0.225 e. The van der Waals surface area contributed by atoms with Crippen LogP contribution in [0.15, 0.2) is 16.9 Å². The number of halogens is 1. The molecule has 0 amide bonds. The molecular formula is C12H17BrN4. The van der Waals surface area contributed by atoms with E-state index in [4.69, 9.17) is 0 Å². The second-order valence-corrected chi connectivity index (χ2v) is 6.41. The normalized spacial score (nSPS) is 30.6. The van der Waals surface area contributed by atoms with Crippen LogP contribution in [0, 0.1) is 11.8 Å². The Hall–Kier alpha value is -0.680. The van der Waals surface area contributed by atoms with Crippen LogP contribution in [0.4, 0.5) is 5.95 Å². The highest BCUT2D eigenvalue weighted by molar-refractivity contribution is 9.10. The van der Waals surface area contributed by atoms with E-state index in [0.717, 1.165) is 36.0 Å². The van der Waals surface area contributed by atoms with E-state index in [2.05, 4.69) is 50.0 Å². The summed E-state index contributed by atoms with van der Waals surface area (Å²) in [4.78, 5) is 11.2. The highest BCUT2D eigenvalue weighted by Gasteiger charge is 2.50. The molecule has 3 heterocycles. The van der Waals surface area contributed by atoms with Gasteiger partial charge in [-0.1, -0.05) is 0 Å². The van der Waals surface area contributed by atoms with Gasteiger partial charge >= 0.3 is 0 Å². The zero-order valence-electron chi connectivity index (χ0n) is 10.2. The van der Waals surface area contributed by atoms with Gasteiger partial charge in [0.1, 0.15) is 0 Å². The molecular weight excluding hydrogens is 280 g/mol. The summed E-state index contributed by atoms with van der Waals surface area (Å²) < 4.78 is 0.931. The lowest BCUT2D eigenvalue weighted by atomic mass is 9.85. The third-order valence-electron chi connectivity index (χ3n) is 4.21. The summed E-state index contributed by atoms with van der Waals surface area (Å²) in [6, 6.07) is 0. The Bertz CT molecular complexity index is 417. The van der Waals surface area contributed by atoms with E-state index in [9.17, 15) is 0 Å². The van der Waals surface area contributed by atoms with Gasteiger partial charge < -0.3 is 10.2 Å². The molecule has 2 atom stereocenters. The van der Waals surface area contributed by atoms with Crippen molar-refractivity contribution in [2.24, 2.45) is 11.8 Å². The average Bonchev–Trinajstić information content (AvgIpc) is 2.83. The Labute approximate surface area is 110 Å². The Morgan fingerprint density at radius 3 is 2.71 bits per heavy atom. The fourth-order valence-corrected chi connectivity index (χ4v) is 3.41. The third-order valence-corrected chi connectivity index (χ3v) is 4.62. The molecule has 17 heavy (non-hydrogen) atoms. The largest absolute Gasteiger partial charge is 0.335 e. The number of nitrogens with one attached hydrogen (secondary N) is 1. The first-order chi connectivity index (χ1) is 8.09. The molecule has 4 nitrogen and oxygen atoms in total. The predicted octanol–water partition coefficient (Wildman–Crippen LogP) is 1.67. The molecule has 1 aromatic rings. The van der Waals surface area contributed by atoms with E-state index in [1.807, 2.05) is 12.4 Å². The zero-order valence-corrected chi connectivity index (χ0v) is 11.7. The molecule has 2 saturated heterocycles. The van der Waals surface area contributed by atoms with Crippen molar-refractivity contribution in [2.75, 3.05) is 24.5 Å². The Balaban J connectivity index is 1.91. The van der Waals surface area contributed by atoms with Gasteiger partial charge in [0.05, 0.1) is 4.47 Å². The first kappa shape index (κ1) is 11.4. The van der Waals surface area contributed by atoms with Crippen molar-refractivity contribution in [3.05, 3.63) is 16.9 Å². The second-order valence-electron chi connectivity index (χ2n) is 5.49. The maximum absolute atomic E-state index is 4.43. The van der Waals surface area contributed by atoms with Crippen LogP contribution in [0.1, 0.15) is 13.8 Å². The lowest BCUT2D eigenvalue weighted by molar-refractivity contribution is 0.355. The monoisotopic (exact) mass is 296 g/mol. The number of anilines is 1. The topological polar surface area (TPSA) is 41.0 Å². The second kappa shape index (κ2) is 3.92. The summed E-state index contributed by atoms with van der Waals surface area (Å²) in [6.45, 7) is 7.91. The number of aromatic nitrogens is 2. The molecule has 0 aromatic carbocycles. The van der Waals surface area contributed by atoms with Crippen molar-refractivity contribution >= 4 is 21.9 Å². The molecule has 2 fully saturated rings. The smallest absolute Gasteiger partial charge is 0.225 e. The molecule has 3 rings (SSSR count). The van der Waals surface area contributed by atoms with E-state index < -0.39 is 0 Å². The van der Waals surface area contributed by atoms with Crippen LogP contribution in [-0.2, 0) is 0 Å². The van der Waals surface area contributed by atoms with E-state index in [-0.39, 0.29) is 5.54 Å². The van der Waals surface area contributed by atoms with Crippen molar-refractivity contribution in [1.82, 2.24) is 15.3 Å². The van der Waals surface area contributed by atoms with Gasteiger partial charge in [-0.3, -0.25) is 0 Å². The fourth-order valence-electron chi connectivity index (χ4n) is 3.21. The third kappa shape index (κ3) is 1.76. The Morgan fingerprint density at radius 1 is 1.35 bits per heavy atom. The number of rotatable bonds is 1. The molecule has 92 valence electrons. The van der Waals surface area contributed by atoms with Crippen LogP contribution in [0.2, 0.25) is 0 Å². The number of fused-ring (bicyclic) bond motifs is 1. The van der Waals surface area contributed by atoms with E-state index in [1.165, 1.54) is 0 Å². The lowest BCUT2D eigenvalue weighted by Crippen LogP contribution is -2.45. The standard InChI is InChI=1S/C12H17BrN4/c1-12(2)10-6-14-3-8(10)7-17(12)11-15-4-9(13)5-16-11/h4-5,8,10,14H,3,6-7H2,1-2H3. The summed E-state index contributed by atoms with van der Waals surface area (Å²) in [6.07, 6.45) is 3.65. The van der Waals surface area contributed by atoms with E-state index in [0.29, 0.717) is 5.92 Å². The SMILES string of the molecule is CC1(C)C2CNCC2CN1c1ncc(Br)cn1. The van der Waals surface area contributed by atoms with Crippen molar-refractivity contribution in [3.8, 4) is 0 Å². The highest BCUT2D eigenvalue weighted by atomic mass is 79.9. The number of hydrogen-bond donors (Lipinski definition) is 1. The average molecular weight is 297 g/mol. The first-order valence-corrected chi connectivity index (χ1v) is 6.84. The van der Waals surface area contributed by atoms with Crippen LogP contribution in [-0.4, -0.2) is 35.1 Å². The molecule has 2 aliphatic rings. The predicted molar refractivity (Wildman–Crippen MR) is 71.0 cm³/mol. The highest BCUT2D eigenvalue weighted by Crippen LogP contribution is 2.41. The van der Waals surface area contributed by atoms with Gasteiger partial charge in [-0.05, 0) is 41.6 Å². The van der Waals surface area contributed by atoms with Gasteiger partial charge in [-0.25, -0.2) is 9.97 Å². The van der Waals surface area contributed by atoms with Gasteiger partial charge in [0.15, 0.2) is 0 Å². The lowest BCUT2D eigenvalue weighted by Gasteiger charge is -2.35. The zero-order chi connectivity index (χ0) is 12.0. The molecule has 0 bridgehead atoms. The molecule has 0 aliphatic carbocycles. The molecule has 1 N–H and O–H groups in total. The van der Waals surface area contributed by atoms with Crippen molar-refractivity contribution in [1.29, 1.82) is 0 Å².